The van der Waals surface area contributed by atoms with Gasteiger partial charge >= 0.3 is 6.18 Å². The fourth-order valence-corrected chi connectivity index (χ4v) is 1.72. The third-order valence-corrected chi connectivity index (χ3v) is 2.74. The molecule has 0 aliphatic heterocycles. The van der Waals surface area contributed by atoms with Crippen LogP contribution in [-0.2, 0) is 6.18 Å². The summed E-state index contributed by atoms with van der Waals surface area (Å²) < 4.78 is 38.1. The van der Waals surface area contributed by atoms with Crippen LogP contribution in [0.3, 0.4) is 0 Å². The number of pyridine rings is 1. The van der Waals surface area contributed by atoms with Crippen LogP contribution in [0.2, 0.25) is 0 Å². The molecule has 0 aliphatic carbocycles. The van der Waals surface area contributed by atoms with E-state index in [9.17, 15) is 22.8 Å². The minimum absolute atomic E-state index is 0.148. The van der Waals surface area contributed by atoms with Crippen molar-refractivity contribution in [3.8, 4) is 0 Å². The van der Waals surface area contributed by atoms with Crippen LogP contribution in [0, 0.1) is 0 Å². The number of alkyl halides is 3. The predicted octanol–water partition coefficient (Wildman–Crippen LogP) is 1.12. The van der Waals surface area contributed by atoms with Crippen molar-refractivity contribution < 1.29 is 13.2 Å². The van der Waals surface area contributed by atoms with Gasteiger partial charge in [-0.25, -0.2) is 0 Å². The molecule has 0 radical (unpaired) electrons. The molecule has 2 rings (SSSR count). The number of fused-ring (bicyclic) bond motifs is 1. The van der Waals surface area contributed by atoms with Gasteiger partial charge in [0, 0.05) is 6.07 Å². The van der Waals surface area contributed by atoms with Crippen molar-refractivity contribution in [3.05, 3.63) is 38.4 Å². The Bertz CT molecular complexity index is 720. The molecule has 0 spiro atoms. The Morgan fingerprint density at radius 1 is 1.33 bits per heavy atom. The summed E-state index contributed by atoms with van der Waals surface area (Å²) in [5.41, 5.74) is -3.40. The second-order valence-electron chi connectivity index (χ2n) is 3.34. The summed E-state index contributed by atoms with van der Waals surface area (Å²) in [5, 5.41) is 3.87. The van der Waals surface area contributed by atoms with Crippen molar-refractivity contribution in [1.29, 1.82) is 0 Å². The molecule has 0 aromatic carbocycles. The van der Waals surface area contributed by atoms with Gasteiger partial charge in [0.15, 0.2) is 5.16 Å². The molecular weight excluding hydrogens is 271 g/mol. The van der Waals surface area contributed by atoms with Crippen LogP contribution in [0.4, 0.5) is 13.2 Å². The second kappa shape index (κ2) is 4.16. The average Bonchev–Trinajstić information content (AvgIpc) is 2.28. The Kier molecular flexibility index (Phi) is 2.93. The summed E-state index contributed by atoms with van der Waals surface area (Å²) in [4.78, 5) is 25.3. The number of nitrogens with one attached hydrogen (secondary N) is 1. The smallest absolute Gasteiger partial charge is 0.298 e. The molecular formula is C9H6F3N3O2S. The van der Waals surface area contributed by atoms with Crippen molar-refractivity contribution in [3.63, 3.8) is 0 Å². The number of hydrogen-bond acceptors (Lipinski definition) is 4. The summed E-state index contributed by atoms with van der Waals surface area (Å²) in [6.07, 6.45) is -3.07. The van der Waals surface area contributed by atoms with Gasteiger partial charge in [0.2, 0.25) is 0 Å². The van der Waals surface area contributed by atoms with E-state index in [4.69, 9.17) is 0 Å². The second-order valence-corrected chi connectivity index (χ2v) is 4.14. The van der Waals surface area contributed by atoms with Gasteiger partial charge in [-0.2, -0.15) is 17.7 Å². The molecule has 0 saturated carbocycles. The van der Waals surface area contributed by atoms with E-state index >= 15 is 0 Å². The highest BCUT2D eigenvalue weighted by Gasteiger charge is 2.31. The van der Waals surface area contributed by atoms with Crippen LogP contribution in [0.1, 0.15) is 5.56 Å². The summed E-state index contributed by atoms with van der Waals surface area (Å²) in [5.74, 6) is 0. The molecule has 18 heavy (non-hydrogen) atoms. The minimum Gasteiger partial charge on any atom is -0.298 e. The number of nitrogens with zero attached hydrogens (tertiary/aromatic N) is 2. The van der Waals surface area contributed by atoms with Crippen molar-refractivity contribution in [2.45, 2.75) is 11.3 Å². The number of aromatic nitrogens is 3. The molecule has 0 unspecified atom stereocenters. The molecule has 0 atom stereocenters. The first-order valence-corrected chi connectivity index (χ1v) is 5.84. The Balaban J connectivity index is 2.87. The number of thioether (sulfide) groups is 1. The van der Waals surface area contributed by atoms with Gasteiger partial charge in [0.05, 0.1) is 5.56 Å². The van der Waals surface area contributed by atoms with E-state index in [0.29, 0.717) is 16.6 Å². The van der Waals surface area contributed by atoms with Gasteiger partial charge < -0.3 is 0 Å². The zero-order chi connectivity index (χ0) is 13.5. The van der Waals surface area contributed by atoms with Gasteiger partial charge in [0.1, 0.15) is 5.52 Å². The van der Waals surface area contributed by atoms with E-state index in [1.165, 1.54) is 0 Å². The highest BCUT2D eigenvalue weighted by Crippen LogP contribution is 2.28. The molecule has 0 fully saturated rings. The zero-order valence-electron chi connectivity index (χ0n) is 8.91. The molecule has 2 aromatic rings. The van der Waals surface area contributed by atoms with Crippen molar-refractivity contribution in [2.75, 3.05) is 6.26 Å². The molecule has 96 valence electrons. The Morgan fingerprint density at radius 2 is 2.00 bits per heavy atom. The topological polar surface area (TPSA) is 67.2 Å². The Hall–Kier alpha value is -1.77. The summed E-state index contributed by atoms with van der Waals surface area (Å²) in [7, 11) is 0. The van der Waals surface area contributed by atoms with Crippen molar-refractivity contribution in [1.82, 2.24) is 14.6 Å². The van der Waals surface area contributed by atoms with E-state index in [1.807, 2.05) is 0 Å². The maximum absolute atomic E-state index is 12.5. The molecule has 0 saturated heterocycles. The summed E-state index contributed by atoms with van der Waals surface area (Å²) in [6.45, 7) is 0. The SMILES string of the molecule is CSc1nn2c(=O)cc(C(F)(F)F)cc2c(=O)[nH]1. The van der Waals surface area contributed by atoms with E-state index < -0.39 is 28.4 Å². The standard InChI is InChI=1S/C9H6F3N3O2S/c1-18-8-13-7(17)5-2-4(9(10,11)12)3-6(16)15(5)14-8/h2-3H,1H3,(H,13,14,17). The third kappa shape index (κ3) is 2.13. The number of aromatic amines is 1. The van der Waals surface area contributed by atoms with Crippen LogP contribution in [0.15, 0.2) is 26.9 Å². The van der Waals surface area contributed by atoms with Crippen LogP contribution >= 0.6 is 11.8 Å². The lowest BCUT2D eigenvalue weighted by Crippen LogP contribution is -2.26. The molecule has 0 bridgehead atoms. The van der Waals surface area contributed by atoms with Gasteiger partial charge in [0.25, 0.3) is 11.1 Å². The monoisotopic (exact) mass is 277 g/mol. The third-order valence-electron chi connectivity index (χ3n) is 2.17. The van der Waals surface area contributed by atoms with Crippen LogP contribution < -0.4 is 11.1 Å². The quantitative estimate of drug-likeness (QED) is 0.793. The van der Waals surface area contributed by atoms with E-state index in [2.05, 4.69) is 10.1 Å². The fourth-order valence-electron chi connectivity index (χ4n) is 1.36. The highest BCUT2D eigenvalue weighted by atomic mass is 32.2. The van der Waals surface area contributed by atoms with Crippen molar-refractivity contribution >= 4 is 17.3 Å². The maximum atomic E-state index is 12.5. The highest BCUT2D eigenvalue weighted by molar-refractivity contribution is 7.98. The molecule has 9 heteroatoms. The summed E-state index contributed by atoms with van der Waals surface area (Å²) >= 11 is 1.07. The lowest BCUT2D eigenvalue weighted by atomic mass is 10.2. The van der Waals surface area contributed by atoms with Gasteiger partial charge in [-0.05, 0) is 12.3 Å². The lowest BCUT2D eigenvalue weighted by Gasteiger charge is -2.07. The molecule has 0 amide bonds. The minimum atomic E-state index is -4.68. The molecule has 1 N–H and O–H groups in total. The van der Waals surface area contributed by atoms with Crippen LogP contribution in [-0.4, -0.2) is 20.9 Å². The number of H-pyrrole nitrogens is 1. The van der Waals surface area contributed by atoms with E-state index in [1.54, 1.807) is 6.26 Å². The van der Waals surface area contributed by atoms with Crippen molar-refractivity contribution in [2.24, 2.45) is 0 Å². The van der Waals surface area contributed by atoms with Crippen LogP contribution in [0.25, 0.3) is 5.52 Å². The number of hydrogen-bond donors (Lipinski definition) is 1. The van der Waals surface area contributed by atoms with E-state index in [0.717, 1.165) is 11.8 Å². The molecule has 5 nitrogen and oxygen atoms in total. The number of rotatable bonds is 1. The molecule has 0 aliphatic rings. The van der Waals surface area contributed by atoms with Gasteiger partial charge in [-0.15, -0.1) is 5.10 Å². The van der Waals surface area contributed by atoms with Gasteiger partial charge in [-0.3, -0.25) is 14.6 Å². The zero-order valence-corrected chi connectivity index (χ0v) is 9.72. The first-order chi connectivity index (χ1) is 8.32. The first-order valence-electron chi connectivity index (χ1n) is 4.61. The fraction of sp³-hybridized carbons (Fsp3) is 0.222. The lowest BCUT2D eigenvalue weighted by molar-refractivity contribution is -0.137. The predicted molar refractivity (Wildman–Crippen MR) is 58.9 cm³/mol. The largest absolute Gasteiger partial charge is 0.416 e. The van der Waals surface area contributed by atoms with Gasteiger partial charge in [-0.1, -0.05) is 11.8 Å². The summed E-state index contributed by atoms with van der Waals surface area (Å²) in [6, 6.07) is 1.00. The Morgan fingerprint density at radius 3 is 2.56 bits per heavy atom. The number of halogens is 3. The van der Waals surface area contributed by atoms with Crippen LogP contribution in [0.5, 0.6) is 0 Å². The maximum Gasteiger partial charge on any atom is 0.416 e. The average molecular weight is 277 g/mol. The normalized spacial score (nSPS) is 12.0. The molecule has 2 aromatic heterocycles. The van der Waals surface area contributed by atoms with E-state index in [-0.39, 0.29) is 5.16 Å². The Labute approximate surface area is 102 Å². The molecule has 2 heterocycles. The first kappa shape index (κ1) is 12.7.